The number of aromatic nitrogens is 1. The second-order valence-electron chi connectivity index (χ2n) is 7.96. The number of halogens is 2. The SMILES string of the molecule is COc1ccc(C(=O)NC2CCC(CCCNC(=O)c3cc(F)cnc3Cl)CC2)c(O)c1. The van der Waals surface area contributed by atoms with Crippen LogP contribution in [0.3, 0.4) is 0 Å². The molecule has 0 radical (unpaired) electrons. The molecule has 2 amide bonds. The van der Waals surface area contributed by atoms with Gasteiger partial charge in [0.2, 0.25) is 0 Å². The van der Waals surface area contributed by atoms with Crippen LogP contribution in [0.1, 0.15) is 59.2 Å². The first-order valence-electron chi connectivity index (χ1n) is 10.6. The third-order valence-electron chi connectivity index (χ3n) is 5.76. The minimum absolute atomic E-state index is 0.0211. The first-order chi connectivity index (χ1) is 15.4. The molecule has 0 spiro atoms. The topological polar surface area (TPSA) is 101 Å². The number of ether oxygens (including phenoxy) is 1. The van der Waals surface area contributed by atoms with E-state index in [1.165, 1.54) is 13.2 Å². The average molecular weight is 464 g/mol. The second kappa shape index (κ2) is 11.1. The van der Waals surface area contributed by atoms with Crippen molar-refractivity contribution < 1.29 is 23.8 Å². The summed E-state index contributed by atoms with van der Waals surface area (Å²) in [5.41, 5.74) is 0.267. The molecule has 1 aliphatic rings. The van der Waals surface area contributed by atoms with E-state index in [1.807, 2.05) is 0 Å². The van der Waals surface area contributed by atoms with E-state index in [4.69, 9.17) is 16.3 Å². The maximum Gasteiger partial charge on any atom is 0.255 e. The monoisotopic (exact) mass is 463 g/mol. The number of methoxy groups -OCH3 is 1. The van der Waals surface area contributed by atoms with E-state index in [0.29, 0.717) is 18.2 Å². The minimum atomic E-state index is -0.606. The number of amides is 2. The highest BCUT2D eigenvalue weighted by Crippen LogP contribution is 2.29. The Hall–Kier alpha value is -2.87. The van der Waals surface area contributed by atoms with Crippen molar-refractivity contribution in [2.24, 2.45) is 5.92 Å². The van der Waals surface area contributed by atoms with Gasteiger partial charge in [0.05, 0.1) is 24.4 Å². The molecule has 2 aromatic rings. The van der Waals surface area contributed by atoms with Gasteiger partial charge in [0.15, 0.2) is 0 Å². The van der Waals surface area contributed by atoms with Crippen molar-refractivity contribution in [3.63, 3.8) is 0 Å². The van der Waals surface area contributed by atoms with Crippen LogP contribution in [0.25, 0.3) is 0 Å². The van der Waals surface area contributed by atoms with Gasteiger partial charge in [-0.25, -0.2) is 9.37 Å². The molecule has 1 fully saturated rings. The summed E-state index contributed by atoms with van der Waals surface area (Å²) in [4.78, 5) is 28.2. The first kappa shape index (κ1) is 23.8. The van der Waals surface area contributed by atoms with Crippen LogP contribution >= 0.6 is 11.6 Å². The van der Waals surface area contributed by atoms with Gasteiger partial charge in [-0.1, -0.05) is 11.6 Å². The molecule has 172 valence electrons. The number of hydrogen-bond acceptors (Lipinski definition) is 5. The van der Waals surface area contributed by atoms with Crippen LogP contribution in [0, 0.1) is 11.7 Å². The molecular formula is C23H27ClFN3O4. The van der Waals surface area contributed by atoms with Crippen molar-refractivity contribution in [2.75, 3.05) is 13.7 Å². The number of benzene rings is 1. The van der Waals surface area contributed by atoms with Gasteiger partial charge in [0.1, 0.15) is 22.5 Å². The van der Waals surface area contributed by atoms with E-state index in [9.17, 15) is 19.1 Å². The Balaban J connectivity index is 1.36. The second-order valence-corrected chi connectivity index (χ2v) is 8.32. The molecule has 7 nitrogen and oxygen atoms in total. The fourth-order valence-corrected chi connectivity index (χ4v) is 4.15. The molecule has 0 saturated heterocycles. The van der Waals surface area contributed by atoms with Gasteiger partial charge in [-0.15, -0.1) is 0 Å². The number of pyridine rings is 1. The van der Waals surface area contributed by atoms with E-state index in [2.05, 4.69) is 15.6 Å². The normalized spacial score (nSPS) is 18.1. The van der Waals surface area contributed by atoms with Gasteiger partial charge >= 0.3 is 0 Å². The highest BCUT2D eigenvalue weighted by atomic mass is 35.5. The number of aromatic hydroxyl groups is 1. The Morgan fingerprint density at radius 3 is 2.62 bits per heavy atom. The van der Waals surface area contributed by atoms with E-state index in [-0.39, 0.29) is 34.0 Å². The predicted octanol–water partition coefficient (Wildman–Crippen LogP) is 4.09. The van der Waals surface area contributed by atoms with Crippen molar-refractivity contribution in [2.45, 2.75) is 44.6 Å². The fourth-order valence-electron chi connectivity index (χ4n) is 3.96. The number of phenols is 1. The minimum Gasteiger partial charge on any atom is -0.507 e. The highest BCUT2D eigenvalue weighted by molar-refractivity contribution is 6.32. The Morgan fingerprint density at radius 2 is 1.94 bits per heavy atom. The van der Waals surface area contributed by atoms with Gasteiger partial charge in [-0.05, 0) is 62.6 Å². The number of nitrogens with one attached hydrogen (secondary N) is 2. The Kier molecular flexibility index (Phi) is 8.27. The lowest BCUT2D eigenvalue weighted by molar-refractivity contribution is 0.0918. The zero-order valence-corrected chi connectivity index (χ0v) is 18.6. The maximum atomic E-state index is 13.3. The highest BCUT2D eigenvalue weighted by Gasteiger charge is 2.23. The Bertz CT molecular complexity index is 964. The summed E-state index contributed by atoms with van der Waals surface area (Å²) in [7, 11) is 1.50. The molecule has 0 unspecified atom stereocenters. The summed E-state index contributed by atoms with van der Waals surface area (Å²) >= 11 is 5.85. The van der Waals surface area contributed by atoms with Gasteiger partial charge in [0.25, 0.3) is 11.8 Å². The summed E-state index contributed by atoms with van der Waals surface area (Å²) in [6.07, 6.45) is 6.41. The lowest BCUT2D eigenvalue weighted by Gasteiger charge is -2.29. The molecule has 32 heavy (non-hydrogen) atoms. The van der Waals surface area contributed by atoms with E-state index in [0.717, 1.165) is 50.8 Å². The smallest absolute Gasteiger partial charge is 0.255 e. The molecule has 1 saturated carbocycles. The molecule has 1 aliphatic carbocycles. The number of carbonyl (C=O) groups is 2. The summed E-state index contributed by atoms with van der Waals surface area (Å²) < 4.78 is 18.3. The van der Waals surface area contributed by atoms with E-state index < -0.39 is 11.7 Å². The molecule has 3 N–H and O–H groups in total. The molecule has 0 atom stereocenters. The average Bonchev–Trinajstić information content (AvgIpc) is 2.79. The molecule has 3 rings (SSSR count). The standard InChI is InChI=1S/C23H27ClFN3O4/c1-32-17-8-9-18(20(29)12-17)23(31)28-16-6-4-14(5-7-16)3-2-10-26-22(30)19-11-15(25)13-27-21(19)24/h8-9,11-14,16,29H,2-7,10H2,1H3,(H,26,30)(H,28,31). The molecule has 1 aromatic carbocycles. The van der Waals surface area contributed by atoms with Gasteiger partial charge in [-0.2, -0.15) is 0 Å². The summed E-state index contributed by atoms with van der Waals surface area (Å²) in [5, 5.41) is 15.8. The molecule has 1 heterocycles. The largest absolute Gasteiger partial charge is 0.507 e. The summed E-state index contributed by atoms with van der Waals surface area (Å²) in [6, 6.07) is 5.76. The number of carbonyl (C=O) groups excluding carboxylic acids is 2. The van der Waals surface area contributed by atoms with E-state index in [1.54, 1.807) is 12.1 Å². The first-order valence-corrected chi connectivity index (χ1v) is 11.0. The maximum absolute atomic E-state index is 13.3. The van der Waals surface area contributed by atoms with Crippen LogP contribution in [0.5, 0.6) is 11.5 Å². The number of phenolic OH excluding ortho intramolecular Hbond substituents is 1. The molecule has 0 aliphatic heterocycles. The number of hydrogen-bond donors (Lipinski definition) is 3. The van der Waals surface area contributed by atoms with Crippen LogP contribution < -0.4 is 15.4 Å². The molecule has 9 heteroatoms. The van der Waals surface area contributed by atoms with Crippen molar-refractivity contribution in [3.8, 4) is 11.5 Å². The molecule has 1 aromatic heterocycles. The van der Waals surface area contributed by atoms with Crippen molar-refractivity contribution in [3.05, 3.63) is 52.6 Å². The fraction of sp³-hybridized carbons (Fsp3) is 0.435. The third kappa shape index (κ3) is 6.32. The van der Waals surface area contributed by atoms with Crippen LogP contribution in [0.15, 0.2) is 30.5 Å². The van der Waals surface area contributed by atoms with Crippen LogP contribution in [-0.2, 0) is 0 Å². The molecule has 0 bridgehead atoms. The van der Waals surface area contributed by atoms with Gasteiger partial charge < -0.3 is 20.5 Å². The Labute approximate surface area is 191 Å². The summed E-state index contributed by atoms with van der Waals surface area (Å²) in [6.45, 7) is 0.471. The van der Waals surface area contributed by atoms with Crippen LogP contribution in [-0.4, -0.2) is 41.6 Å². The molecular weight excluding hydrogens is 437 g/mol. The predicted molar refractivity (Wildman–Crippen MR) is 119 cm³/mol. The van der Waals surface area contributed by atoms with Crippen LogP contribution in [0.4, 0.5) is 4.39 Å². The lowest BCUT2D eigenvalue weighted by Crippen LogP contribution is -2.37. The quantitative estimate of drug-likeness (QED) is 0.404. The Morgan fingerprint density at radius 1 is 1.19 bits per heavy atom. The van der Waals surface area contributed by atoms with Crippen molar-refractivity contribution >= 4 is 23.4 Å². The van der Waals surface area contributed by atoms with E-state index >= 15 is 0 Å². The van der Waals surface area contributed by atoms with Crippen molar-refractivity contribution in [1.29, 1.82) is 0 Å². The van der Waals surface area contributed by atoms with Gasteiger partial charge in [-0.3, -0.25) is 9.59 Å². The number of rotatable bonds is 8. The van der Waals surface area contributed by atoms with Crippen LogP contribution in [0.2, 0.25) is 5.15 Å². The lowest BCUT2D eigenvalue weighted by atomic mass is 9.83. The number of nitrogens with zero attached hydrogens (tertiary/aromatic N) is 1. The van der Waals surface area contributed by atoms with Crippen molar-refractivity contribution in [1.82, 2.24) is 15.6 Å². The third-order valence-corrected chi connectivity index (χ3v) is 6.06. The van der Waals surface area contributed by atoms with Gasteiger partial charge in [0, 0.05) is 18.7 Å². The zero-order chi connectivity index (χ0) is 23.1. The zero-order valence-electron chi connectivity index (χ0n) is 17.9. The summed E-state index contributed by atoms with van der Waals surface area (Å²) in [5.74, 6) is -0.421.